The van der Waals surface area contributed by atoms with E-state index in [1.54, 1.807) is 4.68 Å². The monoisotopic (exact) mass is 503 g/mol. The molecular weight excluding hydrogens is 479 g/mol. The highest BCUT2D eigenvalue weighted by Crippen LogP contribution is 2.51. The van der Waals surface area contributed by atoms with Crippen molar-refractivity contribution in [2.45, 2.75) is 57.5 Å². The first-order chi connectivity index (χ1) is 16.8. The summed E-state index contributed by atoms with van der Waals surface area (Å²) in [5.74, 6) is -2.08. The number of hydrogen-bond donors (Lipinski definition) is 1. The maximum absolute atomic E-state index is 13.3. The summed E-state index contributed by atoms with van der Waals surface area (Å²) in [6.07, 6.45) is -1.70. The van der Waals surface area contributed by atoms with Crippen molar-refractivity contribution < 1.29 is 32.5 Å². The van der Waals surface area contributed by atoms with Gasteiger partial charge in [-0.05, 0) is 57.2 Å². The standard InChI is InChI=1S/C25H24F3N3O5/c1-14(12-29)5-4-8-35-21-9-15-16(10-22(21)36-25(26,27)28)19-11-20(32)17(23(33)34)13-30(19)31-18(15)6-7-24(31,2)3/h9-11,13,18H,1,4-8H2,2-3H3,(H,33,34)/t18-/m1/s1. The number of pyridine rings is 1. The molecule has 1 N–H and O–H groups in total. The van der Waals surface area contributed by atoms with Crippen molar-refractivity contribution in [2.24, 2.45) is 0 Å². The minimum absolute atomic E-state index is 0.0333. The van der Waals surface area contributed by atoms with E-state index in [1.807, 2.05) is 24.9 Å². The zero-order chi connectivity index (χ0) is 26.4. The number of halogens is 3. The number of hydrogen-bond acceptors (Lipinski definition) is 6. The van der Waals surface area contributed by atoms with Crippen molar-refractivity contribution in [3.05, 3.63) is 57.9 Å². The quantitative estimate of drug-likeness (QED) is 0.423. The number of benzene rings is 1. The highest BCUT2D eigenvalue weighted by Gasteiger charge is 2.46. The van der Waals surface area contributed by atoms with Crippen LogP contribution >= 0.6 is 0 Å². The van der Waals surface area contributed by atoms with Crippen molar-refractivity contribution in [1.82, 2.24) is 4.68 Å². The average Bonchev–Trinajstić information content (AvgIpc) is 3.10. The minimum atomic E-state index is -5.00. The van der Waals surface area contributed by atoms with Crippen LogP contribution in [0.1, 0.15) is 61.5 Å². The van der Waals surface area contributed by atoms with Gasteiger partial charge in [-0.3, -0.25) is 14.5 Å². The highest BCUT2D eigenvalue weighted by atomic mass is 19.4. The van der Waals surface area contributed by atoms with E-state index in [2.05, 4.69) is 11.3 Å². The van der Waals surface area contributed by atoms with Gasteiger partial charge < -0.3 is 14.6 Å². The van der Waals surface area contributed by atoms with Crippen LogP contribution in [0.2, 0.25) is 0 Å². The van der Waals surface area contributed by atoms with Crippen LogP contribution in [0.3, 0.4) is 0 Å². The Morgan fingerprint density at radius 1 is 1.31 bits per heavy atom. The first kappa shape index (κ1) is 25.2. The van der Waals surface area contributed by atoms with Crippen LogP contribution in [0.5, 0.6) is 11.5 Å². The molecular formula is C25H24F3N3O5. The number of fused-ring (bicyclic) bond motifs is 6. The molecule has 0 bridgehead atoms. The number of ether oxygens (including phenoxy) is 2. The Balaban J connectivity index is 1.86. The molecule has 1 aromatic heterocycles. The van der Waals surface area contributed by atoms with Gasteiger partial charge in [-0.15, -0.1) is 13.2 Å². The predicted octanol–water partition coefficient (Wildman–Crippen LogP) is 4.92. The molecule has 1 atom stereocenters. The minimum Gasteiger partial charge on any atom is -0.490 e. The Bertz CT molecular complexity index is 1340. The topological polar surface area (TPSA) is 105 Å². The van der Waals surface area contributed by atoms with Gasteiger partial charge in [0.15, 0.2) is 16.9 Å². The lowest BCUT2D eigenvalue weighted by atomic mass is 9.93. The molecule has 8 nitrogen and oxygen atoms in total. The molecule has 0 unspecified atom stereocenters. The normalized spacial score (nSPS) is 17.4. The van der Waals surface area contributed by atoms with Crippen molar-refractivity contribution in [1.29, 1.82) is 5.26 Å². The number of carboxylic acids is 1. The lowest BCUT2D eigenvalue weighted by Gasteiger charge is -2.44. The first-order valence-corrected chi connectivity index (χ1v) is 11.3. The van der Waals surface area contributed by atoms with E-state index in [-0.39, 0.29) is 24.1 Å². The van der Waals surface area contributed by atoms with Gasteiger partial charge in [0.05, 0.1) is 30.0 Å². The highest BCUT2D eigenvalue weighted by molar-refractivity contribution is 5.88. The number of alkyl halides is 3. The van der Waals surface area contributed by atoms with Crippen LogP contribution in [0, 0.1) is 11.3 Å². The van der Waals surface area contributed by atoms with E-state index in [0.717, 1.165) is 12.5 Å². The third-order valence-electron chi connectivity index (χ3n) is 6.45. The Morgan fingerprint density at radius 2 is 2.03 bits per heavy atom. The molecule has 1 fully saturated rings. The summed E-state index contributed by atoms with van der Waals surface area (Å²) in [5, 5.41) is 20.3. The van der Waals surface area contributed by atoms with Gasteiger partial charge in [0.25, 0.3) is 0 Å². The van der Waals surface area contributed by atoms with Crippen molar-refractivity contribution >= 4 is 5.97 Å². The molecule has 4 rings (SSSR count). The molecule has 2 aliphatic rings. The Hall–Kier alpha value is -3.94. The maximum atomic E-state index is 13.3. The summed E-state index contributed by atoms with van der Waals surface area (Å²) in [4.78, 5) is 24.2. The van der Waals surface area contributed by atoms with Gasteiger partial charge >= 0.3 is 12.3 Å². The molecule has 0 spiro atoms. The number of carboxylic acid groups (broad SMARTS) is 1. The number of carbonyl (C=O) groups is 1. The molecule has 36 heavy (non-hydrogen) atoms. The molecule has 190 valence electrons. The van der Waals surface area contributed by atoms with E-state index in [1.165, 1.54) is 18.3 Å². The molecule has 1 aromatic carbocycles. The summed E-state index contributed by atoms with van der Waals surface area (Å²) in [5.41, 5.74) is -0.0540. The Morgan fingerprint density at radius 3 is 2.67 bits per heavy atom. The van der Waals surface area contributed by atoms with Gasteiger partial charge in [-0.2, -0.15) is 5.26 Å². The van der Waals surface area contributed by atoms with E-state index in [4.69, 9.17) is 10.00 Å². The Kier molecular flexibility index (Phi) is 6.24. The fraction of sp³-hybridized carbons (Fsp3) is 0.400. The molecule has 0 amide bonds. The molecule has 0 saturated carbocycles. The fourth-order valence-electron chi connectivity index (χ4n) is 4.86. The van der Waals surface area contributed by atoms with Crippen LogP contribution in [0.25, 0.3) is 11.3 Å². The van der Waals surface area contributed by atoms with Gasteiger partial charge in [-0.1, -0.05) is 6.58 Å². The fourth-order valence-corrected chi connectivity index (χ4v) is 4.86. The lowest BCUT2D eigenvalue weighted by Crippen LogP contribution is -2.50. The third-order valence-corrected chi connectivity index (χ3v) is 6.45. The average molecular weight is 503 g/mol. The van der Waals surface area contributed by atoms with Gasteiger partial charge in [0.2, 0.25) is 0 Å². The first-order valence-electron chi connectivity index (χ1n) is 11.3. The van der Waals surface area contributed by atoms with E-state index in [0.29, 0.717) is 36.0 Å². The van der Waals surface area contributed by atoms with Crippen molar-refractivity contribution in [3.63, 3.8) is 0 Å². The van der Waals surface area contributed by atoms with Crippen LogP contribution < -0.4 is 19.9 Å². The van der Waals surface area contributed by atoms with Gasteiger partial charge in [0, 0.05) is 23.4 Å². The van der Waals surface area contributed by atoms with E-state index >= 15 is 0 Å². The number of aromatic carboxylic acids is 1. The predicted molar refractivity (Wildman–Crippen MR) is 124 cm³/mol. The second kappa shape index (κ2) is 8.93. The molecule has 3 heterocycles. The van der Waals surface area contributed by atoms with Crippen molar-refractivity contribution in [3.8, 4) is 28.8 Å². The second-order valence-corrected chi connectivity index (χ2v) is 9.40. The van der Waals surface area contributed by atoms with Gasteiger partial charge in [0.1, 0.15) is 5.56 Å². The van der Waals surface area contributed by atoms with E-state index < -0.39 is 34.6 Å². The molecule has 0 radical (unpaired) electrons. The summed E-state index contributed by atoms with van der Waals surface area (Å²) in [7, 11) is 0. The number of allylic oxidation sites excluding steroid dienone is 1. The largest absolute Gasteiger partial charge is 0.573 e. The summed E-state index contributed by atoms with van der Waals surface area (Å²) in [6, 6.07) is 5.41. The SMILES string of the molecule is C=C(C#N)CCCOc1cc2c(cc1OC(F)(F)F)-c1cc(=O)c(C(=O)O)cn1N1[C@@H]2CCC1(C)C. The number of aromatic nitrogens is 1. The zero-order valence-corrected chi connectivity index (χ0v) is 19.7. The molecule has 1 saturated heterocycles. The molecule has 2 aliphatic heterocycles. The smallest absolute Gasteiger partial charge is 0.490 e. The summed E-state index contributed by atoms with van der Waals surface area (Å²) >= 11 is 0. The summed E-state index contributed by atoms with van der Waals surface area (Å²) in [6.45, 7) is 7.56. The van der Waals surface area contributed by atoms with E-state index in [9.17, 15) is 27.9 Å². The van der Waals surface area contributed by atoms with Gasteiger partial charge in [-0.25, -0.2) is 4.79 Å². The van der Waals surface area contributed by atoms with Crippen LogP contribution in [0.15, 0.2) is 41.3 Å². The van der Waals surface area contributed by atoms with Crippen LogP contribution in [-0.2, 0) is 0 Å². The van der Waals surface area contributed by atoms with Crippen LogP contribution in [0.4, 0.5) is 13.2 Å². The number of nitrogens with zero attached hydrogens (tertiary/aromatic N) is 3. The number of nitriles is 1. The second-order valence-electron chi connectivity index (χ2n) is 9.40. The molecule has 11 heteroatoms. The molecule has 2 aromatic rings. The third kappa shape index (κ3) is 4.63. The van der Waals surface area contributed by atoms with Crippen molar-refractivity contribution in [2.75, 3.05) is 11.6 Å². The van der Waals surface area contributed by atoms with Crippen LogP contribution in [-0.4, -0.2) is 34.3 Å². The summed E-state index contributed by atoms with van der Waals surface area (Å²) < 4.78 is 51.3. The Labute approximate surface area is 204 Å². The zero-order valence-electron chi connectivity index (χ0n) is 19.7. The maximum Gasteiger partial charge on any atom is 0.573 e. The lowest BCUT2D eigenvalue weighted by molar-refractivity contribution is -0.275. The molecule has 0 aliphatic carbocycles. The number of rotatable bonds is 7.